The van der Waals surface area contributed by atoms with E-state index in [2.05, 4.69) is 17.0 Å². The second-order valence-corrected chi connectivity index (χ2v) is 8.85. The fourth-order valence-corrected chi connectivity index (χ4v) is 4.89. The van der Waals surface area contributed by atoms with E-state index in [1.165, 1.54) is 40.8 Å². The number of aromatic nitrogens is 3. The van der Waals surface area contributed by atoms with Crippen molar-refractivity contribution in [3.05, 3.63) is 70.3 Å². The van der Waals surface area contributed by atoms with E-state index in [1.807, 2.05) is 0 Å². The number of hydrogen-bond acceptors (Lipinski definition) is 4. The number of amides is 1. The molecule has 3 aromatic rings. The summed E-state index contributed by atoms with van der Waals surface area (Å²) in [4.78, 5) is 30.4. The molecule has 0 radical (unpaired) electrons. The van der Waals surface area contributed by atoms with Gasteiger partial charge in [-0.25, -0.2) is 9.29 Å². The molecule has 2 heterocycles. The summed E-state index contributed by atoms with van der Waals surface area (Å²) in [5, 5.41) is 5.14. The number of benzene rings is 2. The van der Waals surface area contributed by atoms with E-state index in [-0.39, 0.29) is 17.0 Å². The summed E-state index contributed by atoms with van der Waals surface area (Å²) in [5.41, 5.74) is 1.42. The van der Waals surface area contributed by atoms with Crippen molar-refractivity contribution in [2.75, 3.05) is 10.7 Å². The Morgan fingerprint density at radius 3 is 2.66 bits per heavy atom. The second-order valence-electron chi connectivity index (χ2n) is 7.76. The van der Waals surface area contributed by atoms with E-state index in [0.29, 0.717) is 22.1 Å². The highest BCUT2D eigenvalue weighted by Gasteiger charge is 2.45. The van der Waals surface area contributed by atoms with E-state index >= 15 is 0 Å². The Morgan fingerprint density at radius 1 is 1.16 bits per heavy atom. The number of aromatic amines is 1. The van der Waals surface area contributed by atoms with Gasteiger partial charge in [0, 0.05) is 17.8 Å². The maximum atomic E-state index is 14.9. The molecule has 0 saturated carbocycles. The Labute approximate surface area is 190 Å². The topological polar surface area (TPSA) is 69.9 Å². The predicted molar refractivity (Wildman–Crippen MR) is 123 cm³/mol. The van der Waals surface area contributed by atoms with Crippen LogP contribution in [0.1, 0.15) is 51.3 Å². The van der Waals surface area contributed by atoms with Crippen LogP contribution < -0.4 is 15.1 Å². The Morgan fingerprint density at radius 2 is 1.91 bits per heavy atom. The van der Waals surface area contributed by atoms with Gasteiger partial charge in [0.15, 0.2) is 0 Å². The number of thioether (sulfide) groups is 1. The lowest BCUT2D eigenvalue weighted by Crippen LogP contribution is -2.60. The Hall–Kier alpha value is -3.00. The number of fused-ring (bicyclic) bond motifs is 3. The van der Waals surface area contributed by atoms with Gasteiger partial charge in [0.05, 0.1) is 16.8 Å². The van der Waals surface area contributed by atoms with Gasteiger partial charge < -0.3 is 0 Å². The minimum Gasteiger partial charge on any atom is -0.291 e. The number of nitrogens with one attached hydrogen (secondary N) is 1. The van der Waals surface area contributed by atoms with Crippen LogP contribution in [-0.4, -0.2) is 21.7 Å². The third-order valence-electron chi connectivity index (χ3n) is 5.52. The molecule has 1 N–H and O–H groups in total. The normalized spacial score (nSPS) is 14.7. The molecule has 0 fully saturated rings. The number of carbonyl (C=O) groups excluding carboxylic acids is 1. The molecular formula is C24H26FN4O2S+. The van der Waals surface area contributed by atoms with Crippen molar-refractivity contribution >= 4 is 23.4 Å². The Bertz CT molecular complexity index is 1200. The van der Waals surface area contributed by atoms with Crippen LogP contribution in [0.2, 0.25) is 0 Å². The molecule has 0 spiro atoms. The van der Waals surface area contributed by atoms with Crippen molar-refractivity contribution in [1.29, 1.82) is 0 Å². The standard InChI is InChI=1S/C24H25FN4O2S/c1-3-4-5-10-15-32-24-26-22(31)21-18-12-7-9-14-20(18)28(16(2)30)23(29(21)27-24)17-11-6-8-13-19(17)25/h6-9,11-14,23H,3-5,10,15H2,1-2H3/p+1/t23-/m1/s1. The fourth-order valence-electron chi connectivity index (χ4n) is 4.04. The molecule has 1 aliphatic rings. The van der Waals surface area contributed by atoms with E-state index in [0.717, 1.165) is 25.0 Å². The summed E-state index contributed by atoms with van der Waals surface area (Å²) in [6, 6.07) is 13.4. The average Bonchev–Trinajstić information content (AvgIpc) is 2.78. The SMILES string of the molecule is CCCCCCSc1n[n+]2c(c(=O)[nH]1)-c1ccccc1N(C(C)=O)[C@H]2c1ccccc1F. The summed E-state index contributed by atoms with van der Waals surface area (Å²) in [7, 11) is 0. The number of halogens is 1. The highest BCUT2D eigenvalue weighted by Crippen LogP contribution is 2.37. The van der Waals surface area contributed by atoms with Crippen molar-refractivity contribution in [1.82, 2.24) is 10.1 Å². The van der Waals surface area contributed by atoms with Gasteiger partial charge in [-0.1, -0.05) is 62.2 Å². The van der Waals surface area contributed by atoms with E-state index in [4.69, 9.17) is 0 Å². The number of nitrogens with zero attached hydrogens (tertiary/aromatic N) is 3. The molecule has 1 amide bonds. The van der Waals surface area contributed by atoms with Gasteiger partial charge in [0.2, 0.25) is 11.1 Å². The molecule has 1 aromatic heterocycles. The number of hydrogen-bond donors (Lipinski definition) is 1. The fraction of sp³-hybridized carbons (Fsp3) is 0.333. The van der Waals surface area contributed by atoms with Gasteiger partial charge in [0.25, 0.3) is 6.17 Å². The van der Waals surface area contributed by atoms with Crippen LogP contribution in [-0.2, 0) is 4.79 Å². The minimum atomic E-state index is -0.902. The first kappa shape index (κ1) is 22.2. The van der Waals surface area contributed by atoms with Gasteiger partial charge in [-0.05, 0) is 35.4 Å². The third kappa shape index (κ3) is 4.19. The molecule has 0 saturated heterocycles. The predicted octanol–water partition coefficient (Wildman–Crippen LogP) is 4.45. The minimum absolute atomic E-state index is 0.264. The lowest BCUT2D eigenvalue weighted by Gasteiger charge is -2.31. The van der Waals surface area contributed by atoms with Crippen molar-refractivity contribution in [2.45, 2.75) is 50.9 Å². The number of unbranched alkanes of at least 4 members (excludes halogenated alkanes) is 3. The van der Waals surface area contributed by atoms with Crippen molar-refractivity contribution in [3.8, 4) is 11.3 Å². The molecule has 32 heavy (non-hydrogen) atoms. The van der Waals surface area contributed by atoms with Gasteiger partial charge in [0.1, 0.15) is 5.82 Å². The Kier molecular flexibility index (Phi) is 6.69. The van der Waals surface area contributed by atoms with Gasteiger partial charge >= 0.3 is 11.3 Å². The molecule has 0 aliphatic carbocycles. The number of anilines is 1. The summed E-state index contributed by atoms with van der Waals surface area (Å²) in [6.45, 7) is 3.60. The van der Waals surface area contributed by atoms with Crippen LogP contribution >= 0.6 is 11.8 Å². The summed E-state index contributed by atoms with van der Waals surface area (Å²) >= 11 is 1.47. The lowest BCUT2D eigenvalue weighted by molar-refractivity contribution is -0.763. The molecule has 4 rings (SSSR count). The molecule has 2 aromatic carbocycles. The molecule has 1 aliphatic heterocycles. The van der Waals surface area contributed by atoms with E-state index in [1.54, 1.807) is 42.5 Å². The number of carbonyl (C=O) groups is 1. The second kappa shape index (κ2) is 9.65. The van der Waals surface area contributed by atoms with Crippen LogP contribution in [0.5, 0.6) is 0 Å². The smallest absolute Gasteiger partial charge is 0.291 e. The molecule has 0 unspecified atom stereocenters. The number of para-hydroxylation sites is 1. The summed E-state index contributed by atoms with van der Waals surface area (Å²) in [6.07, 6.45) is 3.56. The van der Waals surface area contributed by atoms with Crippen LogP contribution in [0.25, 0.3) is 11.3 Å². The zero-order valence-electron chi connectivity index (χ0n) is 18.2. The highest BCUT2D eigenvalue weighted by molar-refractivity contribution is 7.99. The average molecular weight is 454 g/mol. The lowest BCUT2D eigenvalue weighted by atomic mass is 10.0. The van der Waals surface area contributed by atoms with Crippen LogP contribution in [0.4, 0.5) is 10.1 Å². The van der Waals surface area contributed by atoms with Crippen molar-refractivity contribution in [2.24, 2.45) is 0 Å². The van der Waals surface area contributed by atoms with Crippen molar-refractivity contribution < 1.29 is 13.9 Å². The quantitative estimate of drug-likeness (QED) is 0.326. The Balaban J connectivity index is 1.87. The van der Waals surface area contributed by atoms with Gasteiger partial charge in [-0.15, -0.1) is 0 Å². The number of H-pyrrole nitrogens is 1. The van der Waals surface area contributed by atoms with Gasteiger partial charge in [-0.2, -0.15) is 0 Å². The van der Waals surface area contributed by atoms with Crippen LogP contribution in [0, 0.1) is 5.82 Å². The van der Waals surface area contributed by atoms with E-state index < -0.39 is 12.0 Å². The first-order valence-electron chi connectivity index (χ1n) is 10.9. The largest absolute Gasteiger partial charge is 0.325 e. The zero-order valence-corrected chi connectivity index (χ0v) is 19.0. The summed E-state index contributed by atoms with van der Waals surface area (Å²) in [5.74, 6) is 0.0942. The van der Waals surface area contributed by atoms with Gasteiger partial charge in [-0.3, -0.25) is 14.6 Å². The first-order chi connectivity index (χ1) is 15.5. The highest BCUT2D eigenvalue weighted by atomic mass is 32.2. The molecule has 0 bridgehead atoms. The van der Waals surface area contributed by atoms with Crippen molar-refractivity contribution in [3.63, 3.8) is 0 Å². The molecule has 6 nitrogen and oxygen atoms in total. The first-order valence-corrected chi connectivity index (χ1v) is 11.8. The third-order valence-corrected chi connectivity index (χ3v) is 6.47. The summed E-state index contributed by atoms with van der Waals surface area (Å²) < 4.78 is 16.4. The van der Waals surface area contributed by atoms with Crippen LogP contribution in [0.15, 0.2) is 58.5 Å². The number of rotatable bonds is 7. The molecular weight excluding hydrogens is 427 g/mol. The monoisotopic (exact) mass is 453 g/mol. The molecule has 1 atom stereocenters. The van der Waals surface area contributed by atoms with Crippen LogP contribution in [0.3, 0.4) is 0 Å². The maximum absolute atomic E-state index is 14.9. The molecule has 8 heteroatoms. The molecule has 166 valence electrons. The maximum Gasteiger partial charge on any atom is 0.325 e. The van der Waals surface area contributed by atoms with E-state index in [9.17, 15) is 14.0 Å². The zero-order chi connectivity index (χ0) is 22.7.